The smallest absolute Gasteiger partial charge is 0.0940 e. The molecule has 56 valence electrons. The van der Waals surface area contributed by atoms with E-state index in [2.05, 4.69) is 0 Å². The van der Waals surface area contributed by atoms with Gasteiger partial charge in [-0.15, -0.1) is 0 Å². The van der Waals surface area contributed by atoms with Crippen LogP contribution in [0.2, 0.25) is 0 Å². The van der Waals surface area contributed by atoms with E-state index in [0.717, 1.165) is 19.4 Å². The summed E-state index contributed by atoms with van der Waals surface area (Å²) in [4.78, 5) is 0. The monoisotopic (exact) mass is 132 g/mol. The summed E-state index contributed by atoms with van der Waals surface area (Å²) in [5, 5.41) is 0. The fourth-order valence-corrected chi connectivity index (χ4v) is 0.591. The van der Waals surface area contributed by atoms with Gasteiger partial charge in [0.2, 0.25) is 0 Å². The van der Waals surface area contributed by atoms with E-state index in [4.69, 9.17) is 16.2 Å². The predicted octanol–water partition coefficient (Wildman–Crippen LogP) is 0.0466. The van der Waals surface area contributed by atoms with Crippen LogP contribution in [0.3, 0.4) is 0 Å². The molecule has 0 saturated heterocycles. The van der Waals surface area contributed by atoms with Crippen LogP contribution in [0.4, 0.5) is 0 Å². The topological polar surface area (TPSA) is 61.3 Å². The number of hydrogen-bond acceptors (Lipinski definition) is 3. The van der Waals surface area contributed by atoms with Crippen molar-refractivity contribution >= 4 is 0 Å². The molecule has 0 aliphatic carbocycles. The lowest BCUT2D eigenvalue weighted by Gasteiger charge is -2.03. The van der Waals surface area contributed by atoms with E-state index in [9.17, 15) is 0 Å². The van der Waals surface area contributed by atoms with Crippen LogP contribution in [0.5, 0.6) is 0 Å². The molecule has 0 aliphatic rings. The molecule has 1 unspecified atom stereocenters. The molecule has 0 heterocycles. The first-order chi connectivity index (χ1) is 4.27. The second-order valence-corrected chi connectivity index (χ2v) is 2.19. The second-order valence-electron chi connectivity index (χ2n) is 2.19. The van der Waals surface area contributed by atoms with Gasteiger partial charge in [0.25, 0.3) is 0 Å². The van der Waals surface area contributed by atoms with Crippen molar-refractivity contribution in [2.45, 2.75) is 25.8 Å². The number of ether oxygens (including phenoxy) is 1. The molecule has 0 aromatic rings. The molecular formula is C6H16N2O. The molecule has 0 radical (unpaired) electrons. The third-order valence-corrected chi connectivity index (χ3v) is 1.07. The van der Waals surface area contributed by atoms with Crippen molar-refractivity contribution in [3.05, 3.63) is 0 Å². The number of nitrogens with two attached hydrogens (primary N) is 2. The minimum absolute atomic E-state index is 0.284. The third kappa shape index (κ3) is 7.88. The van der Waals surface area contributed by atoms with E-state index in [-0.39, 0.29) is 6.04 Å². The van der Waals surface area contributed by atoms with Crippen LogP contribution in [-0.2, 0) is 4.74 Å². The van der Waals surface area contributed by atoms with E-state index in [0.29, 0.717) is 6.73 Å². The first-order valence-electron chi connectivity index (χ1n) is 3.30. The SMILES string of the molecule is CC(N)CCCOCN. The first-order valence-corrected chi connectivity index (χ1v) is 3.30. The molecule has 3 nitrogen and oxygen atoms in total. The van der Waals surface area contributed by atoms with Crippen LogP contribution in [0.1, 0.15) is 19.8 Å². The second kappa shape index (κ2) is 6.01. The van der Waals surface area contributed by atoms with Gasteiger partial charge in [-0.1, -0.05) is 0 Å². The van der Waals surface area contributed by atoms with E-state index in [1.165, 1.54) is 0 Å². The Labute approximate surface area is 56.4 Å². The lowest BCUT2D eigenvalue weighted by Crippen LogP contribution is -2.15. The Bertz CT molecular complexity index is 57.0. The van der Waals surface area contributed by atoms with E-state index < -0.39 is 0 Å². The average molecular weight is 132 g/mol. The van der Waals surface area contributed by atoms with Crippen molar-refractivity contribution in [2.75, 3.05) is 13.3 Å². The normalized spacial score (nSPS) is 13.7. The summed E-state index contributed by atoms with van der Waals surface area (Å²) in [6.45, 7) is 3.04. The summed E-state index contributed by atoms with van der Waals surface area (Å²) in [5.74, 6) is 0. The van der Waals surface area contributed by atoms with E-state index in [1.807, 2.05) is 6.92 Å². The quantitative estimate of drug-likeness (QED) is 0.410. The summed E-state index contributed by atoms with van der Waals surface area (Å²) < 4.78 is 4.91. The van der Waals surface area contributed by atoms with Gasteiger partial charge in [0, 0.05) is 12.6 Å². The van der Waals surface area contributed by atoms with Crippen molar-refractivity contribution in [2.24, 2.45) is 11.5 Å². The zero-order chi connectivity index (χ0) is 7.11. The van der Waals surface area contributed by atoms with Gasteiger partial charge in [0.15, 0.2) is 0 Å². The summed E-state index contributed by atoms with van der Waals surface area (Å²) in [5.41, 5.74) is 10.6. The Kier molecular flexibility index (Phi) is 5.93. The fraction of sp³-hybridized carbons (Fsp3) is 1.00. The van der Waals surface area contributed by atoms with Crippen molar-refractivity contribution in [1.29, 1.82) is 0 Å². The highest BCUT2D eigenvalue weighted by Crippen LogP contribution is 1.92. The van der Waals surface area contributed by atoms with Crippen LogP contribution in [0, 0.1) is 0 Å². The van der Waals surface area contributed by atoms with Gasteiger partial charge in [-0.2, -0.15) is 0 Å². The Morgan fingerprint density at radius 3 is 2.67 bits per heavy atom. The lowest BCUT2D eigenvalue weighted by atomic mass is 10.2. The molecule has 0 spiro atoms. The largest absolute Gasteiger partial charge is 0.367 e. The van der Waals surface area contributed by atoms with Gasteiger partial charge in [-0.3, -0.25) is 0 Å². The molecule has 3 heteroatoms. The molecule has 0 aromatic heterocycles. The molecule has 0 bridgehead atoms. The van der Waals surface area contributed by atoms with Crippen molar-refractivity contribution < 1.29 is 4.74 Å². The number of rotatable bonds is 5. The van der Waals surface area contributed by atoms with Crippen molar-refractivity contribution in [3.8, 4) is 0 Å². The van der Waals surface area contributed by atoms with Gasteiger partial charge in [-0.25, -0.2) is 0 Å². The summed E-state index contributed by atoms with van der Waals surface area (Å²) >= 11 is 0. The Morgan fingerprint density at radius 1 is 1.56 bits per heavy atom. The minimum atomic E-state index is 0.284. The molecular weight excluding hydrogens is 116 g/mol. The van der Waals surface area contributed by atoms with E-state index in [1.54, 1.807) is 0 Å². The minimum Gasteiger partial charge on any atom is -0.367 e. The van der Waals surface area contributed by atoms with Gasteiger partial charge < -0.3 is 16.2 Å². The first kappa shape index (κ1) is 8.88. The highest BCUT2D eigenvalue weighted by atomic mass is 16.5. The zero-order valence-electron chi connectivity index (χ0n) is 5.97. The lowest BCUT2D eigenvalue weighted by molar-refractivity contribution is 0.136. The summed E-state index contributed by atoms with van der Waals surface area (Å²) in [6, 6.07) is 0.284. The van der Waals surface area contributed by atoms with Gasteiger partial charge in [0.1, 0.15) is 0 Å². The fourth-order valence-electron chi connectivity index (χ4n) is 0.591. The molecule has 0 aromatic carbocycles. The highest BCUT2D eigenvalue weighted by Gasteiger charge is 1.91. The van der Waals surface area contributed by atoms with Gasteiger partial charge in [-0.05, 0) is 19.8 Å². The maximum absolute atomic E-state index is 5.49. The van der Waals surface area contributed by atoms with E-state index >= 15 is 0 Å². The highest BCUT2D eigenvalue weighted by molar-refractivity contribution is 4.51. The average Bonchev–Trinajstić information content (AvgIpc) is 1.80. The van der Waals surface area contributed by atoms with Gasteiger partial charge >= 0.3 is 0 Å². The molecule has 4 N–H and O–H groups in total. The van der Waals surface area contributed by atoms with Crippen LogP contribution in [0.15, 0.2) is 0 Å². The Morgan fingerprint density at radius 2 is 2.22 bits per heavy atom. The predicted molar refractivity (Wildman–Crippen MR) is 37.9 cm³/mol. The molecule has 0 amide bonds. The summed E-state index contributed by atoms with van der Waals surface area (Å²) in [6.07, 6.45) is 2.02. The Hall–Kier alpha value is -0.120. The third-order valence-electron chi connectivity index (χ3n) is 1.07. The van der Waals surface area contributed by atoms with Gasteiger partial charge in [0.05, 0.1) is 6.73 Å². The van der Waals surface area contributed by atoms with Crippen LogP contribution >= 0.6 is 0 Å². The Balaban J connectivity index is 2.75. The molecule has 1 atom stereocenters. The van der Waals surface area contributed by atoms with Crippen molar-refractivity contribution in [3.63, 3.8) is 0 Å². The standard InChI is InChI=1S/C6H16N2O/c1-6(8)3-2-4-9-5-7/h6H,2-5,7-8H2,1H3. The summed E-state index contributed by atoms with van der Waals surface area (Å²) in [7, 11) is 0. The maximum atomic E-state index is 5.49. The molecule has 0 saturated carbocycles. The van der Waals surface area contributed by atoms with Crippen LogP contribution in [0.25, 0.3) is 0 Å². The van der Waals surface area contributed by atoms with Crippen LogP contribution in [-0.4, -0.2) is 19.4 Å². The molecule has 0 fully saturated rings. The van der Waals surface area contributed by atoms with Crippen molar-refractivity contribution in [1.82, 2.24) is 0 Å². The van der Waals surface area contributed by atoms with Crippen LogP contribution < -0.4 is 11.5 Å². The zero-order valence-corrected chi connectivity index (χ0v) is 5.97. The molecule has 0 aliphatic heterocycles. The number of hydrogen-bond donors (Lipinski definition) is 2. The maximum Gasteiger partial charge on any atom is 0.0940 e. The molecule has 0 rings (SSSR count). The molecule has 9 heavy (non-hydrogen) atoms.